The van der Waals surface area contributed by atoms with Gasteiger partial charge in [-0.25, -0.2) is 0 Å². The van der Waals surface area contributed by atoms with E-state index >= 15 is 0 Å². The normalized spacial score (nSPS) is 10.4. The lowest BCUT2D eigenvalue weighted by molar-refractivity contribution is -0.113. The lowest BCUT2D eigenvalue weighted by atomic mass is 10.1. The lowest BCUT2D eigenvalue weighted by Gasteiger charge is -2.09. The third-order valence-corrected chi connectivity index (χ3v) is 4.60. The van der Waals surface area contributed by atoms with E-state index in [1.165, 1.54) is 11.1 Å². The highest BCUT2D eigenvalue weighted by molar-refractivity contribution is 9.10. The topological polar surface area (TPSA) is 29.1 Å². The molecule has 0 spiro atoms. The number of halogens is 1. The van der Waals surface area contributed by atoms with Gasteiger partial charge >= 0.3 is 0 Å². The second kappa shape index (κ2) is 7.66. The fourth-order valence-electron chi connectivity index (χ4n) is 1.98. The van der Waals surface area contributed by atoms with Gasteiger partial charge in [-0.15, -0.1) is 11.8 Å². The molecule has 4 heteroatoms. The molecular weight excluding hydrogens is 346 g/mol. The van der Waals surface area contributed by atoms with Crippen LogP contribution in [0.15, 0.2) is 46.9 Å². The molecule has 0 aromatic heterocycles. The molecule has 0 radical (unpaired) electrons. The van der Waals surface area contributed by atoms with Crippen molar-refractivity contribution >= 4 is 39.3 Å². The summed E-state index contributed by atoms with van der Waals surface area (Å²) in [5, 5.41) is 2.97. The lowest BCUT2D eigenvalue weighted by Crippen LogP contribution is -2.15. The molecule has 0 heterocycles. The van der Waals surface area contributed by atoms with Crippen LogP contribution in [0.1, 0.15) is 16.7 Å². The molecule has 0 saturated carbocycles. The van der Waals surface area contributed by atoms with E-state index in [0.717, 1.165) is 21.5 Å². The summed E-state index contributed by atoms with van der Waals surface area (Å²) in [5.41, 5.74) is 4.42. The molecule has 0 aliphatic rings. The average molecular weight is 364 g/mol. The van der Waals surface area contributed by atoms with Gasteiger partial charge in [0.1, 0.15) is 0 Å². The maximum atomic E-state index is 12.0. The van der Waals surface area contributed by atoms with Gasteiger partial charge in [-0.2, -0.15) is 0 Å². The molecule has 0 atom stereocenters. The molecule has 0 aliphatic carbocycles. The van der Waals surface area contributed by atoms with Crippen LogP contribution in [0.3, 0.4) is 0 Å². The van der Waals surface area contributed by atoms with Gasteiger partial charge < -0.3 is 5.32 Å². The second-order valence-corrected chi connectivity index (χ2v) is 6.89. The zero-order valence-electron chi connectivity index (χ0n) is 12.2. The summed E-state index contributed by atoms with van der Waals surface area (Å²) < 4.78 is 1.07. The van der Waals surface area contributed by atoms with E-state index in [1.54, 1.807) is 11.8 Å². The van der Waals surface area contributed by atoms with Crippen LogP contribution < -0.4 is 5.32 Å². The van der Waals surface area contributed by atoms with Crippen molar-refractivity contribution in [2.45, 2.75) is 19.6 Å². The number of hydrogen-bond donors (Lipinski definition) is 1. The van der Waals surface area contributed by atoms with E-state index in [-0.39, 0.29) is 5.91 Å². The Hall–Kier alpha value is -1.26. The van der Waals surface area contributed by atoms with Crippen LogP contribution in [0.25, 0.3) is 0 Å². The molecule has 1 amide bonds. The molecule has 0 fully saturated rings. The Bertz CT molecular complexity index is 625. The Labute approximate surface area is 138 Å². The van der Waals surface area contributed by atoms with E-state index in [1.807, 2.05) is 38.1 Å². The van der Waals surface area contributed by atoms with Crippen molar-refractivity contribution in [3.05, 3.63) is 63.6 Å². The predicted octanol–water partition coefficient (Wildman–Crippen LogP) is 4.94. The van der Waals surface area contributed by atoms with Gasteiger partial charge in [0.05, 0.1) is 5.75 Å². The van der Waals surface area contributed by atoms with Crippen LogP contribution >= 0.6 is 27.7 Å². The number of anilines is 1. The molecule has 0 bridgehead atoms. The highest BCUT2D eigenvalue weighted by atomic mass is 79.9. The number of hydrogen-bond acceptors (Lipinski definition) is 2. The van der Waals surface area contributed by atoms with Gasteiger partial charge in [-0.3, -0.25) is 4.79 Å². The van der Waals surface area contributed by atoms with Crippen LogP contribution in [-0.2, 0) is 10.5 Å². The van der Waals surface area contributed by atoms with Gasteiger partial charge in [0.15, 0.2) is 0 Å². The quantitative estimate of drug-likeness (QED) is 0.814. The molecular formula is C17H18BrNOS. The predicted molar refractivity (Wildman–Crippen MR) is 94.8 cm³/mol. The average Bonchev–Trinajstić information content (AvgIpc) is 2.44. The monoisotopic (exact) mass is 363 g/mol. The third kappa shape index (κ3) is 5.21. The molecule has 0 aliphatic heterocycles. The van der Waals surface area contributed by atoms with Crippen molar-refractivity contribution in [1.29, 1.82) is 0 Å². The first-order valence-corrected chi connectivity index (χ1v) is 8.68. The van der Waals surface area contributed by atoms with Gasteiger partial charge in [-0.05, 0) is 43.2 Å². The summed E-state index contributed by atoms with van der Waals surface area (Å²) in [7, 11) is 0. The minimum atomic E-state index is 0.0454. The maximum absolute atomic E-state index is 12.0. The van der Waals surface area contributed by atoms with Crippen molar-refractivity contribution in [3.8, 4) is 0 Å². The number of nitrogens with one attached hydrogen (secondary N) is 1. The summed E-state index contributed by atoms with van der Waals surface area (Å²) in [6.45, 7) is 4.06. The van der Waals surface area contributed by atoms with E-state index in [4.69, 9.17) is 0 Å². The Balaban J connectivity index is 1.81. The molecule has 2 nitrogen and oxygen atoms in total. The Kier molecular flexibility index (Phi) is 5.88. The fourth-order valence-corrected chi connectivity index (χ4v) is 3.03. The summed E-state index contributed by atoms with van der Waals surface area (Å²) in [5.74, 6) is 1.35. The Morgan fingerprint density at radius 3 is 2.52 bits per heavy atom. The Morgan fingerprint density at radius 2 is 1.86 bits per heavy atom. The van der Waals surface area contributed by atoms with Crippen molar-refractivity contribution in [1.82, 2.24) is 0 Å². The summed E-state index contributed by atoms with van der Waals surface area (Å²) >= 11 is 5.04. The number of aryl methyl sites for hydroxylation is 2. The van der Waals surface area contributed by atoms with Crippen molar-refractivity contribution < 1.29 is 4.79 Å². The van der Waals surface area contributed by atoms with E-state index in [0.29, 0.717) is 5.75 Å². The fraction of sp³-hybridized carbons (Fsp3) is 0.235. The number of rotatable bonds is 5. The molecule has 0 saturated heterocycles. The maximum Gasteiger partial charge on any atom is 0.234 e. The smallest absolute Gasteiger partial charge is 0.234 e. The zero-order chi connectivity index (χ0) is 15.2. The van der Waals surface area contributed by atoms with Crippen LogP contribution in [0, 0.1) is 13.8 Å². The minimum absolute atomic E-state index is 0.0454. The number of thioether (sulfide) groups is 1. The summed E-state index contributed by atoms with van der Waals surface area (Å²) in [6, 6.07) is 14.2. The third-order valence-electron chi connectivity index (χ3n) is 3.07. The van der Waals surface area contributed by atoms with Crippen LogP contribution in [-0.4, -0.2) is 11.7 Å². The minimum Gasteiger partial charge on any atom is -0.325 e. The first kappa shape index (κ1) is 16.1. The molecule has 1 N–H and O–H groups in total. The number of benzene rings is 2. The molecule has 21 heavy (non-hydrogen) atoms. The van der Waals surface area contributed by atoms with Crippen molar-refractivity contribution in [2.75, 3.05) is 11.1 Å². The number of carbonyl (C=O) groups is 1. The second-order valence-electron chi connectivity index (χ2n) is 4.99. The number of amides is 1. The van der Waals surface area contributed by atoms with Crippen molar-refractivity contribution in [2.24, 2.45) is 0 Å². The first-order valence-electron chi connectivity index (χ1n) is 6.74. The first-order chi connectivity index (χ1) is 10.0. The van der Waals surface area contributed by atoms with E-state index in [9.17, 15) is 4.79 Å². The number of carbonyl (C=O) groups excluding carboxylic acids is 1. The van der Waals surface area contributed by atoms with Crippen molar-refractivity contribution in [3.63, 3.8) is 0 Å². The van der Waals surface area contributed by atoms with E-state index < -0.39 is 0 Å². The summed E-state index contributed by atoms with van der Waals surface area (Å²) in [6.07, 6.45) is 0. The highest BCUT2D eigenvalue weighted by Gasteiger charge is 2.05. The molecule has 2 aromatic carbocycles. The molecule has 2 rings (SSSR count). The molecule has 0 unspecified atom stereocenters. The molecule has 110 valence electrons. The van der Waals surface area contributed by atoms with Crippen LogP contribution in [0.5, 0.6) is 0 Å². The largest absolute Gasteiger partial charge is 0.325 e. The van der Waals surface area contributed by atoms with Gasteiger partial charge in [0, 0.05) is 15.9 Å². The highest BCUT2D eigenvalue weighted by Crippen LogP contribution is 2.18. The van der Waals surface area contributed by atoms with Gasteiger partial charge in [0.25, 0.3) is 0 Å². The standard InChI is InChI=1S/C17H18BrNOS/c1-12-3-8-16(13(2)9-12)19-17(20)11-21-10-14-4-6-15(18)7-5-14/h3-9H,10-11H2,1-2H3,(H,19,20). The van der Waals surface area contributed by atoms with Gasteiger partial charge in [-0.1, -0.05) is 45.8 Å². The van der Waals surface area contributed by atoms with Crippen LogP contribution in [0.2, 0.25) is 0 Å². The van der Waals surface area contributed by atoms with Crippen LogP contribution in [0.4, 0.5) is 5.69 Å². The SMILES string of the molecule is Cc1ccc(NC(=O)CSCc2ccc(Br)cc2)c(C)c1. The van der Waals surface area contributed by atoms with Gasteiger partial charge in [0.2, 0.25) is 5.91 Å². The Morgan fingerprint density at radius 1 is 1.14 bits per heavy atom. The summed E-state index contributed by atoms with van der Waals surface area (Å²) in [4.78, 5) is 12.0. The zero-order valence-corrected chi connectivity index (χ0v) is 14.6. The molecule has 2 aromatic rings. The van der Waals surface area contributed by atoms with E-state index in [2.05, 4.69) is 39.4 Å².